The van der Waals surface area contributed by atoms with Crippen molar-refractivity contribution in [3.8, 4) is 0 Å². The monoisotopic (exact) mass is 504 g/mol. The lowest BCUT2D eigenvalue weighted by Gasteiger charge is -2.31. The van der Waals surface area contributed by atoms with Gasteiger partial charge in [0.15, 0.2) is 0 Å². The molecule has 5 rings (SSSR count). The maximum absolute atomic E-state index is 13.6. The number of urea groups is 1. The highest BCUT2D eigenvalue weighted by Crippen LogP contribution is 2.46. The Kier molecular flexibility index (Phi) is 6.62. The molecule has 1 spiro atoms. The van der Waals surface area contributed by atoms with Crippen LogP contribution in [-0.2, 0) is 39.3 Å². The topological polar surface area (TPSA) is 108 Å². The van der Waals surface area contributed by atoms with Gasteiger partial charge in [0.25, 0.3) is 5.91 Å². The van der Waals surface area contributed by atoms with E-state index in [0.29, 0.717) is 30.6 Å². The number of fused-ring (bicyclic) bond motifs is 3. The molecule has 2 heterocycles. The molecule has 194 valence electrons. The van der Waals surface area contributed by atoms with Crippen molar-refractivity contribution in [2.45, 2.75) is 63.6 Å². The van der Waals surface area contributed by atoms with Crippen molar-refractivity contribution in [3.05, 3.63) is 64.7 Å². The predicted octanol–water partition coefficient (Wildman–Crippen LogP) is 3.70. The van der Waals surface area contributed by atoms with Crippen LogP contribution < -0.4 is 10.6 Å². The van der Waals surface area contributed by atoms with Gasteiger partial charge in [0, 0.05) is 37.3 Å². The van der Waals surface area contributed by atoms with Gasteiger partial charge in [0.05, 0.1) is 0 Å². The second-order valence-electron chi connectivity index (χ2n) is 9.93. The number of benzene rings is 2. The molecule has 9 heteroatoms. The molecule has 1 saturated heterocycles. The van der Waals surface area contributed by atoms with Crippen LogP contribution in [0.25, 0.3) is 0 Å². The minimum absolute atomic E-state index is 0.0473. The van der Waals surface area contributed by atoms with Crippen LogP contribution in [0, 0.1) is 0 Å². The summed E-state index contributed by atoms with van der Waals surface area (Å²) in [7, 11) is 1.53. The lowest BCUT2D eigenvalue weighted by atomic mass is 9.94. The summed E-state index contributed by atoms with van der Waals surface area (Å²) in [6.07, 6.45) is 3.57. The van der Waals surface area contributed by atoms with Crippen molar-refractivity contribution in [1.29, 1.82) is 0 Å². The molecule has 2 atom stereocenters. The smallest absolute Gasteiger partial charge is 0.418 e. The minimum atomic E-state index is -1.42. The van der Waals surface area contributed by atoms with Crippen LogP contribution in [0.4, 0.5) is 15.3 Å². The Labute approximate surface area is 216 Å². The Hall–Kier alpha value is -3.88. The number of hydrogen-bond donors (Lipinski definition) is 2. The zero-order valence-electron chi connectivity index (χ0n) is 21.2. The highest BCUT2D eigenvalue weighted by atomic mass is 16.6. The van der Waals surface area contributed by atoms with Crippen LogP contribution in [0.15, 0.2) is 42.5 Å². The summed E-state index contributed by atoms with van der Waals surface area (Å²) < 4.78 is 5.71. The maximum Gasteiger partial charge on any atom is 0.418 e. The van der Waals surface area contributed by atoms with Gasteiger partial charge in [-0.2, -0.15) is 0 Å². The van der Waals surface area contributed by atoms with Crippen LogP contribution >= 0.6 is 0 Å². The Morgan fingerprint density at radius 2 is 1.86 bits per heavy atom. The number of nitrogens with one attached hydrogen (secondary N) is 2. The molecule has 3 aliphatic rings. The van der Waals surface area contributed by atoms with Gasteiger partial charge in [-0.3, -0.25) is 9.59 Å². The van der Waals surface area contributed by atoms with Gasteiger partial charge in [0.1, 0.15) is 6.54 Å². The van der Waals surface area contributed by atoms with E-state index in [1.807, 2.05) is 23.1 Å². The van der Waals surface area contributed by atoms with Gasteiger partial charge in [-0.15, -0.1) is 0 Å². The zero-order valence-corrected chi connectivity index (χ0v) is 21.2. The summed E-state index contributed by atoms with van der Waals surface area (Å²) in [6, 6.07) is 13.0. The normalized spacial score (nSPS) is 22.4. The van der Waals surface area contributed by atoms with Gasteiger partial charge in [-0.1, -0.05) is 43.7 Å². The van der Waals surface area contributed by atoms with E-state index in [0.717, 1.165) is 41.7 Å². The van der Waals surface area contributed by atoms with Gasteiger partial charge in [-0.25, -0.2) is 14.5 Å². The number of carbonyl (C=O) groups excluding carboxylic acids is 4. The Morgan fingerprint density at radius 3 is 2.62 bits per heavy atom. The first-order valence-electron chi connectivity index (χ1n) is 12.9. The first-order valence-corrected chi connectivity index (χ1v) is 12.9. The maximum atomic E-state index is 13.6. The number of amides is 5. The van der Waals surface area contributed by atoms with E-state index in [1.165, 1.54) is 12.6 Å². The third-order valence-corrected chi connectivity index (χ3v) is 7.73. The van der Waals surface area contributed by atoms with Gasteiger partial charge in [-0.05, 0) is 54.5 Å². The number of carbonyl (C=O) groups is 4. The van der Waals surface area contributed by atoms with Crippen LogP contribution in [-0.4, -0.2) is 53.4 Å². The minimum Gasteiger partial charge on any atom is -0.427 e. The number of hydrogen-bond acceptors (Lipinski definition) is 5. The molecular formula is C28H32N4O5. The number of ether oxygens (including phenoxy) is 1. The molecule has 1 aliphatic carbocycles. The van der Waals surface area contributed by atoms with E-state index >= 15 is 0 Å². The van der Waals surface area contributed by atoms with E-state index in [4.69, 9.17) is 4.74 Å². The van der Waals surface area contributed by atoms with Crippen LogP contribution in [0.1, 0.15) is 54.9 Å². The van der Waals surface area contributed by atoms with Crippen molar-refractivity contribution in [3.63, 3.8) is 0 Å². The quantitative estimate of drug-likeness (QED) is 0.646. The van der Waals surface area contributed by atoms with Crippen molar-refractivity contribution < 1.29 is 23.9 Å². The number of rotatable bonds is 5. The summed E-state index contributed by atoms with van der Waals surface area (Å²) in [4.78, 5) is 54.6. The summed E-state index contributed by atoms with van der Waals surface area (Å²) in [5.41, 5.74) is 2.94. The van der Waals surface area contributed by atoms with Crippen LogP contribution in [0.3, 0.4) is 0 Å². The predicted molar refractivity (Wildman–Crippen MR) is 137 cm³/mol. The summed E-state index contributed by atoms with van der Waals surface area (Å²) >= 11 is 0. The Balaban J connectivity index is 1.36. The molecule has 5 amide bonds. The number of nitrogens with zero attached hydrogens (tertiary/aromatic N) is 2. The molecule has 1 fully saturated rings. The molecular weight excluding hydrogens is 472 g/mol. The summed E-state index contributed by atoms with van der Waals surface area (Å²) in [5, 5.41) is 5.21. The average molecular weight is 505 g/mol. The van der Waals surface area contributed by atoms with Crippen molar-refractivity contribution in [2.75, 3.05) is 18.9 Å². The second-order valence-corrected chi connectivity index (χ2v) is 9.93. The van der Waals surface area contributed by atoms with E-state index in [9.17, 15) is 19.2 Å². The fourth-order valence-electron chi connectivity index (χ4n) is 5.82. The number of anilines is 1. The fourth-order valence-corrected chi connectivity index (χ4v) is 5.82. The van der Waals surface area contributed by atoms with Crippen molar-refractivity contribution in [1.82, 2.24) is 15.1 Å². The van der Waals surface area contributed by atoms with Gasteiger partial charge in [0.2, 0.25) is 11.5 Å². The molecule has 0 unspecified atom stereocenters. The van der Waals surface area contributed by atoms with Crippen molar-refractivity contribution >= 4 is 29.6 Å². The fraction of sp³-hybridized carbons (Fsp3) is 0.429. The zero-order chi connectivity index (χ0) is 26.2. The molecule has 37 heavy (non-hydrogen) atoms. The highest BCUT2D eigenvalue weighted by Gasteiger charge is 2.58. The number of imide groups is 1. The third kappa shape index (κ3) is 4.43. The lowest BCUT2D eigenvalue weighted by molar-refractivity contribution is -0.143. The van der Waals surface area contributed by atoms with E-state index in [1.54, 1.807) is 18.2 Å². The standard InChI is InChI=1S/C28H32N4O5/c1-3-6-22-11-9-18-7-4-5-8-20(18)16-31(22)24(33)17-32-25(34)28(37-27(32)36)14-13-19-15-21(10-12-23(19)28)30-26(35)29-2/h4-5,7-8,10,12,15,22H,3,6,9,11,13-14,16-17H2,1-2H3,(H2,29,30,35)/t22-,28+/m0/s1. The molecule has 0 bridgehead atoms. The summed E-state index contributed by atoms with van der Waals surface area (Å²) in [5.74, 6) is -0.750. The lowest BCUT2D eigenvalue weighted by Crippen LogP contribution is -2.47. The summed E-state index contributed by atoms with van der Waals surface area (Å²) in [6.45, 7) is 2.22. The van der Waals surface area contributed by atoms with Crippen molar-refractivity contribution in [2.24, 2.45) is 0 Å². The second kappa shape index (κ2) is 9.88. The van der Waals surface area contributed by atoms with Crippen LogP contribution in [0.2, 0.25) is 0 Å². The Morgan fingerprint density at radius 1 is 1.08 bits per heavy atom. The molecule has 2 N–H and O–H groups in total. The third-order valence-electron chi connectivity index (χ3n) is 7.73. The first kappa shape index (κ1) is 24.8. The Bertz CT molecular complexity index is 1260. The van der Waals surface area contributed by atoms with Crippen LogP contribution in [0.5, 0.6) is 0 Å². The molecule has 9 nitrogen and oxygen atoms in total. The first-order chi connectivity index (χ1) is 17.9. The number of aryl methyl sites for hydroxylation is 2. The molecule has 0 aromatic heterocycles. The van der Waals surface area contributed by atoms with Gasteiger partial charge < -0.3 is 20.3 Å². The molecule has 2 aromatic rings. The highest BCUT2D eigenvalue weighted by molar-refractivity contribution is 6.06. The SMILES string of the molecule is CCC[C@H]1CCc2ccccc2CN1C(=O)CN1C(=O)O[C@@]2(CCc3cc(NC(=O)NC)ccc32)C1=O. The van der Waals surface area contributed by atoms with E-state index in [2.05, 4.69) is 23.6 Å². The molecule has 0 saturated carbocycles. The largest absolute Gasteiger partial charge is 0.427 e. The van der Waals surface area contributed by atoms with E-state index < -0.39 is 17.6 Å². The molecule has 2 aromatic carbocycles. The molecule has 2 aliphatic heterocycles. The molecule has 0 radical (unpaired) electrons. The van der Waals surface area contributed by atoms with Gasteiger partial charge >= 0.3 is 12.1 Å². The average Bonchev–Trinajstić information content (AvgIpc) is 3.28. The van der Waals surface area contributed by atoms with E-state index in [-0.39, 0.29) is 24.5 Å².